The van der Waals surface area contributed by atoms with Crippen molar-refractivity contribution >= 4 is 29.0 Å². The first kappa shape index (κ1) is 20.4. The number of aromatic nitrogens is 3. The normalized spacial score (nSPS) is 11.0. The smallest absolute Gasteiger partial charge is 0.233 e. The first-order valence-corrected chi connectivity index (χ1v) is 11.4. The number of furan rings is 1. The molecule has 0 N–H and O–H groups in total. The fraction of sp³-hybridized carbons (Fsp3) is 0.227. The van der Waals surface area contributed by atoms with Crippen LogP contribution in [0.15, 0.2) is 69.7 Å². The number of hydrogen-bond acceptors (Lipinski definition) is 6. The van der Waals surface area contributed by atoms with Crippen molar-refractivity contribution in [2.75, 3.05) is 12.8 Å². The van der Waals surface area contributed by atoms with Crippen molar-refractivity contribution in [3.8, 4) is 11.6 Å². The van der Waals surface area contributed by atoms with Gasteiger partial charge in [0, 0.05) is 11.9 Å². The molecule has 154 valence electrons. The summed E-state index contributed by atoms with van der Waals surface area (Å²) in [6.07, 6.45) is 1.62. The Labute approximate surface area is 183 Å². The van der Waals surface area contributed by atoms with Crippen LogP contribution in [0.2, 0.25) is 0 Å². The van der Waals surface area contributed by atoms with E-state index in [1.807, 2.05) is 41.9 Å². The van der Waals surface area contributed by atoms with Gasteiger partial charge in [-0.25, -0.2) is 0 Å². The van der Waals surface area contributed by atoms with Crippen molar-refractivity contribution in [3.05, 3.63) is 76.2 Å². The number of amides is 1. The Morgan fingerprint density at radius 2 is 2.00 bits per heavy atom. The minimum atomic E-state index is 0.0570. The molecule has 0 fully saturated rings. The summed E-state index contributed by atoms with van der Waals surface area (Å²) in [7, 11) is 1.84. The van der Waals surface area contributed by atoms with Crippen LogP contribution >= 0.6 is 23.1 Å². The van der Waals surface area contributed by atoms with E-state index in [0.717, 1.165) is 5.56 Å². The molecule has 3 heterocycles. The number of benzene rings is 1. The van der Waals surface area contributed by atoms with Crippen LogP contribution in [-0.2, 0) is 17.9 Å². The maximum Gasteiger partial charge on any atom is 0.233 e. The molecular weight excluding hydrogens is 416 g/mol. The van der Waals surface area contributed by atoms with Crippen LogP contribution in [0.4, 0.5) is 0 Å². The van der Waals surface area contributed by atoms with Crippen molar-refractivity contribution in [2.24, 2.45) is 0 Å². The summed E-state index contributed by atoms with van der Waals surface area (Å²) in [4.78, 5) is 15.7. The summed E-state index contributed by atoms with van der Waals surface area (Å²) in [5, 5.41) is 11.4. The summed E-state index contributed by atoms with van der Waals surface area (Å²) >= 11 is 3.08. The number of carbonyl (C=O) groups is 1. The third kappa shape index (κ3) is 4.66. The molecule has 1 amide bonds. The molecule has 0 atom stereocenters. The van der Waals surface area contributed by atoms with Gasteiger partial charge in [0.05, 0.1) is 25.1 Å². The Balaban J connectivity index is 1.49. The summed E-state index contributed by atoms with van der Waals surface area (Å²) in [5.74, 6) is 1.66. The fourth-order valence-corrected chi connectivity index (χ4v) is 4.84. The van der Waals surface area contributed by atoms with Crippen LogP contribution in [0.5, 0.6) is 0 Å². The van der Waals surface area contributed by atoms with Gasteiger partial charge in [-0.3, -0.25) is 9.36 Å². The van der Waals surface area contributed by atoms with Gasteiger partial charge in [-0.05, 0) is 41.6 Å². The molecule has 0 aliphatic carbocycles. The number of rotatable bonds is 8. The molecule has 30 heavy (non-hydrogen) atoms. The van der Waals surface area contributed by atoms with Gasteiger partial charge in [0.25, 0.3) is 0 Å². The maximum absolute atomic E-state index is 12.7. The quantitative estimate of drug-likeness (QED) is 0.373. The topological polar surface area (TPSA) is 64.2 Å². The van der Waals surface area contributed by atoms with Crippen LogP contribution in [-0.4, -0.2) is 38.4 Å². The molecule has 1 aromatic carbocycles. The highest BCUT2D eigenvalue weighted by Gasteiger charge is 2.19. The van der Waals surface area contributed by atoms with Crippen LogP contribution < -0.4 is 0 Å². The molecule has 3 aromatic heterocycles. The Hall–Kier alpha value is -2.84. The molecule has 0 aliphatic heterocycles. The van der Waals surface area contributed by atoms with E-state index in [1.54, 1.807) is 22.5 Å². The second-order valence-corrected chi connectivity index (χ2v) is 8.86. The minimum absolute atomic E-state index is 0.0570. The molecule has 0 saturated carbocycles. The molecule has 0 radical (unpaired) electrons. The zero-order valence-corrected chi connectivity index (χ0v) is 18.4. The summed E-state index contributed by atoms with van der Waals surface area (Å²) in [5.41, 5.74) is 2.35. The van der Waals surface area contributed by atoms with E-state index in [2.05, 4.69) is 40.7 Å². The lowest BCUT2D eigenvalue weighted by atomic mass is 10.2. The Morgan fingerprint density at radius 3 is 2.70 bits per heavy atom. The molecule has 8 heteroatoms. The number of thioether (sulfide) groups is 1. The van der Waals surface area contributed by atoms with Crippen molar-refractivity contribution in [1.29, 1.82) is 0 Å². The molecule has 4 rings (SSSR count). The SMILES string of the molecule is Cc1ccsc1CN(C)C(=O)CSc1nnc(-c2ccco2)n1Cc1ccccc1. The number of carbonyl (C=O) groups excluding carboxylic acids is 1. The zero-order chi connectivity index (χ0) is 20.9. The Morgan fingerprint density at radius 1 is 1.17 bits per heavy atom. The number of nitrogens with zero attached hydrogens (tertiary/aromatic N) is 4. The number of thiophene rings is 1. The van der Waals surface area contributed by atoms with E-state index in [0.29, 0.717) is 35.6 Å². The van der Waals surface area contributed by atoms with Gasteiger partial charge in [-0.1, -0.05) is 42.1 Å². The highest BCUT2D eigenvalue weighted by molar-refractivity contribution is 7.99. The van der Waals surface area contributed by atoms with Crippen LogP contribution in [0.25, 0.3) is 11.6 Å². The maximum atomic E-state index is 12.7. The molecule has 0 unspecified atom stereocenters. The van der Waals surface area contributed by atoms with Crippen molar-refractivity contribution < 1.29 is 9.21 Å². The lowest BCUT2D eigenvalue weighted by molar-refractivity contribution is -0.127. The lowest BCUT2D eigenvalue weighted by Crippen LogP contribution is -2.27. The van der Waals surface area contributed by atoms with E-state index in [-0.39, 0.29) is 5.91 Å². The highest BCUT2D eigenvalue weighted by Crippen LogP contribution is 2.26. The second kappa shape index (κ2) is 9.32. The summed E-state index contributed by atoms with van der Waals surface area (Å²) in [6, 6.07) is 15.9. The van der Waals surface area contributed by atoms with E-state index in [1.165, 1.54) is 22.2 Å². The standard InChI is InChI=1S/C22H22N4O2S2/c1-16-10-12-29-19(16)14-25(2)20(27)15-30-22-24-23-21(18-9-6-11-28-18)26(22)13-17-7-4-3-5-8-17/h3-12H,13-15H2,1-2H3. The average molecular weight is 439 g/mol. The molecule has 4 aromatic rings. The van der Waals surface area contributed by atoms with Gasteiger partial charge in [0.1, 0.15) is 0 Å². The monoisotopic (exact) mass is 438 g/mol. The van der Waals surface area contributed by atoms with Crippen LogP contribution in [0.1, 0.15) is 16.0 Å². The highest BCUT2D eigenvalue weighted by atomic mass is 32.2. The lowest BCUT2D eigenvalue weighted by Gasteiger charge is -2.17. The van der Waals surface area contributed by atoms with E-state index in [4.69, 9.17) is 4.42 Å². The Kier molecular flexibility index (Phi) is 6.35. The van der Waals surface area contributed by atoms with Gasteiger partial charge in [0.2, 0.25) is 11.7 Å². The van der Waals surface area contributed by atoms with Gasteiger partial charge in [0.15, 0.2) is 10.9 Å². The van der Waals surface area contributed by atoms with Crippen LogP contribution in [0.3, 0.4) is 0 Å². The average Bonchev–Trinajstić information content (AvgIpc) is 3.49. The van der Waals surface area contributed by atoms with E-state index < -0.39 is 0 Å². The van der Waals surface area contributed by atoms with Gasteiger partial charge < -0.3 is 9.32 Å². The summed E-state index contributed by atoms with van der Waals surface area (Å²) in [6.45, 7) is 3.29. The summed E-state index contributed by atoms with van der Waals surface area (Å²) < 4.78 is 7.53. The first-order chi connectivity index (χ1) is 14.6. The van der Waals surface area contributed by atoms with Crippen molar-refractivity contribution in [1.82, 2.24) is 19.7 Å². The molecular formula is C22H22N4O2S2. The molecule has 6 nitrogen and oxygen atoms in total. The van der Waals surface area contributed by atoms with E-state index >= 15 is 0 Å². The third-order valence-electron chi connectivity index (χ3n) is 4.74. The minimum Gasteiger partial charge on any atom is -0.461 e. The van der Waals surface area contributed by atoms with Crippen LogP contribution in [0, 0.1) is 6.92 Å². The Bertz CT molecular complexity index is 1100. The van der Waals surface area contributed by atoms with Crippen molar-refractivity contribution in [2.45, 2.75) is 25.2 Å². The predicted molar refractivity (Wildman–Crippen MR) is 120 cm³/mol. The van der Waals surface area contributed by atoms with E-state index in [9.17, 15) is 4.79 Å². The predicted octanol–water partition coefficient (Wildman–Crippen LogP) is 4.71. The molecule has 0 saturated heterocycles. The largest absolute Gasteiger partial charge is 0.461 e. The first-order valence-electron chi connectivity index (χ1n) is 9.52. The van der Waals surface area contributed by atoms with Gasteiger partial charge >= 0.3 is 0 Å². The molecule has 0 bridgehead atoms. The number of hydrogen-bond donors (Lipinski definition) is 0. The molecule has 0 spiro atoms. The number of aryl methyl sites for hydroxylation is 1. The van der Waals surface area contributed by atoms with Gasteiger partial charge in [-0.2, -0.15) is 0 Å². The third-order valence-corrected chi connectivity index (χ3v) is 6.70. The van der Waals surface area contributed by atoms with Crippen molar-refractivity contribution in [3.63, 3.8) is 0 Å². The zero-order valence-electron chi connectivity index (χ0n) is 16.8. The van der Waals surface area contributed by atoms with Gasteiger partial charge in [-0.15, -0.1) is 21.5 Å². The fourth-order valence-electron chi connectivity index (χ4n) is 3.00. The second-order valence-electron chi connectivity index (χ2n) is 6.92. The molecule has 0 aliphatic rings.